The average Bonchev–Trinajstić information content (AvgIpc) is 2.45. The van der Waals surface area contributed by atoms with Gasteiger partial charge < -0.3 is 14.4 Å². The minimum Gasteiger partial charge on any atom is -0.492 e. The molecule has 2 rings (SSSR count). The van der Waals surface area contributed by atoms with Gasteiger partial charge in [0.2, 0.25) is 0 Å². The van der Waals surface area contributed by atoms with Crippen LogP contribution in [-0.2, 0) is 4.74 Å². The molecule has 122 valence electrons. The Kier molecular flexibility index (Phi) is 5.57. The summed E-state index contributed by atoms with van der Waals surface area (Å²) in [5, 5.41) is 0.633. The largest absolute Gasteiger partial charge is 0.492 e. The SMILES string of the molecule is CC(C)(C)OC(=O)N1CCC(COc2ccccc2Cl)CC1. The lowest BCUT2D eigenvalue weighted by Crippen LogP contribution is -2.42. The molecule has 1 amide bonds. The third-order valence-corrected chi connectivity index (χ3v) is 3.89. The minimum atomic E-state index is -0.443. The summed E-state index contributed by atoms with van der Waals surface area (Å²) in [6, 6.07) is 7.49. The minimum absolute atomic E-state index is 0.224. The summed E-state index contributed by atoms with van der Waals surface area (Å²) in [5.74, 6) is 1.16. The van der Waals surface area contributed by atoms with Gasteiger partial charge in [0, 0.05) is 13.1 Å². The summed E-state index contributed by atoms with van der Waals surface area (Å²) in [4.78, 5) is 13.8. The summed E-state index contributed by atoms with van der Waals surface area (Å²) < 4.78 is 11.2. The number of hydrogen-bond donors (Lipinski definition) is 0. The van der Waals surface area contributed by atoms with Crippen molar-refractivity contribution in [3.8, 4) is 5.75 Å². The van der Waals surface area contributed by atoms with E-state index in [0.717, 1.165) is 18.6 Å². The first-order valence-corrected chi connectivity index (χ1v) is 8.08. The number of carbonyl (C=O) groups excluding carboxylic acids is 1. The van der Waals surface area contributed by atoms with Crippen LogP contribution in [0.3, 0.4) is 0 Å². The highest BCUT2D eigenvalue weighted by atomic mass is 35.5. The number of hydrogen-bond acceptors (Lipinski definition) is 3. The third-order valence-electron chi connectivity index (χ3n) is 3.58. The van der Waals surface area contributed by atoms with Gasteiger partial charge in [-0.15, -0.1) is 0 Å². The fourth-order valence-electron chi connectivity index (χ4n) is 2.38. The van der Waals surface area contributed by atoms with E-state index in [0.29, 0.717) is 30.6 Å². The van der Waals surface area contributed by atoms with Gasteiger partial charge in [-0.2, -0.15) is 0 Å². The normalized spacial score (nSPS) is 16.5. The van der Waals surface area contributed by atoms with Crippen molar-refractivity contribution in [2.45, 2.75) is 39.2 Å². The van der Waals surface area contributed by atoms with Gasteiger partial charge in [-0.25, -0.2) is 4.79 Å². The van der Waals surface area contributed by atoms with Crippen LogP contribution in [-0.4, -0.2) is 36.3 Å². The van der Waals surface area contributed by atoms with E-state index in [2.05, 4.69) is 0 Å². The molecule has 0 saturated carbocycles. The van der Waals surface area contributed by atoms with E-state index < -0.39 is 5.60 Å². The van der Waals surface area contributed by atoms with Gasteiger partial charge >= 0.3 is 6.09 Å². The van der Waals surface area contributed by atoms with Crippen molar-refractivity contribution >= 4 is 17.7 Å². The predicted molar refractivity (Wildman–Crippen MR) is 87.5 cm³/mol. The van der Waals surface area contributed by atoms with E-state index in [-0.39, 0.29) is 6.09 Å². The van der Waals surface area contributed by atoms with E-state index in [1.165, 1.54) is 0 Å². The summed E-state index contributed by atoms with van der Waals surface area (Å²) in [6.07, 6.45) is 1.62. The third kappa shape index (κ3) is 5.09. The van der Waals surface area contributed by atoms with Gasteiger partial charge in [0.15, 0.2) is 0 Å². The lowest BCUT2D eigenvalue weighted by molar-refractivity contribution is 0.0165. The van der Waals surface area contributed by atoms with Gasteiger partial charge in [-0.05, 0) is 51.7 Å². The summed E-state index contributed by atoms with van der Waals surface area (Å²) in [5.41, 5.74) is -0.443. The second-order valence-electron chi connectivity index (χ2n) is 6.65. The molecule has 1 aromatic carbocycles. The Hall–Kier alpha value is -1.42. The highest BCUT2D eigenvalue weighted by Crippen LogP contribution is 2.26. The van der Waals surface area contributed by atoms with Crippen LogP contribution in [0.1, 0.15) is 33.6 Å². The van der Waals surface area contributed by atoms with Crippen LogP contribution in [0.15, 0.2) is 24.3 Å². The number of likely N-dealkylation sites (tertiary alicyclic amines) is 1. The zero-order chi connectivity index (χ0) is 16.2. The zero-order valence-corrected chi connectivity index (χ0v) is 14.2. The molecule has 0 bridgehead atoms. The van der Waals surface area contributed by atoms with Gasteiger partial charge in [0.05, 0.1) is 11.6 Å². The van der Waals surface area contributed by atoms with Gasteiger partial charge in [0.25, 0.3) is 0 Å². The second kappa shape index (κ2) is 7.23. The summed E-state index contributed by atoms with van der Waals surface area (Å²) in [6.45, 7) is 7.71. The van der Waals surface area contributed by atoms with Crippen LogP contribution in [0, 0.1) is 5.92 Å². The molecule has 1 heterocycles. The molecular formula is C17H24ClNO3. The Morgan fingerprint density at radius 3 is 2.50 bits per heavy atom. The molecule has 0 unspecified atom stereocenters. The maximum absolute atomic E-state index is 12.0. The van der Waals surface area contributed by atoms with E-state index in [9.17, 15) is 4.79 Å². The smallest absolute Gasteiger partial charge is 0.410 e. The van der Waals surface area contributed by atoms with Crippen molar-refractivity contribution in [2.75, 3.05) is 19.7 Å². The number of rotatable bonds is 3. The molecule has 1 fully saturated rings. The zero-order valence-electron chi connectivity index (χ0n) is 13.5. The summed E-state index contributed by atoms with van der Waals surface area (Å²) >= 11 is 6.07. The second-order valence-corrected chi connectivity index (χ2v) is 7.06. The van der Waals surface area contributed by atoms with E-state index in [4.69, 9.17) is 21.1 Å². The number of ether oxygens (including phenoxy) is 2. The van der Waals surface area contributed by atoms with Crippen LogP contribution >= 0.6 is 11.6 Å². The molecule has 0 aromatic heterocycles. The number of nitrogens with zero attached hydrogens (tertiary/aromatic N) is 1. The molecule has 1 aliphatic rings. The Morgan fingerprint density at radius 2 is 1.91 bits per heavy atom. The van der Waals surface area contributed by atoms with E-state index in [1.54, 1.807) is 4.90 Å². The topological polar surface area (TPSA) is 38.8 Å². The van der Waals surface area contributed by atoms with Crippen LogP contribution < -0.4 is 4.74 Å². The number of benzene rings is 1. The quantitative estimate of drug-likeness (QED) is 0.828. The fourth-order valence-corrected chi connectivity index (χ4v) is 2.57. The van der Waals surface area contributed by atoms with Crippen LogP contribution in [0.25, 0.3) is 0 Å². The number of carbonyl (C=O) groups is 1. The van der Waals surface area contributed by atoms with Gasteiger partial charge in [-0.1, -0.05) is 23.7 Å². The van der Waals surface area contributed by atoms with E-state index in [1.807, 2.05) is 45.0 Å². The van der Waals surface area contributed by atoms with Crippen molar-refractivity contribution in [3.63, 3.8) is 0 Å². The maximum atomic E-state index is 12.0. The number of halogens is 1. The highest BCUT2D eigenvalue weighted by molar-refractivity contribution is 6.32. The Morgan fingerprint density at radius 1 is 1.27 bits per heavy atom. The predicted octanol–water partition coefficient (Wildman–Crippen LogP) is 4.37. The molecular weight excluding hydrogens is 302 g/mol. The monoisotopic (exact) mass is 325 g/mol. The van der Waals surface area contributed by atoms with Crippen LogP contribution in [0.2, 0.25) is 5.02 Å². The molecule has 1 aromatic rings. The molecule has 1 saturated heterocycles. The van der Waals surface area contributed by atoms with Crippen molar-refractivity contribution in [2.24, 2.45) is 5.92 Å². The molecule has 5 heteroatoms. The maximum Gasteiger partial charge on any atom is 0.410 e. The number of amides is 1. The highest BCUT2D eigenvalue weighted by Gasteiger charge is 2.27. The van der Waals surface area contributed by atoms with E-state index >= 15 is 0 Å². The first-order valence-electron chi connectivity index (χ1n) is 7.70. The average molecular weight is 326 g/mol. The molecule has 0 aliphatic carbocycles. The molecule has 0 atom stereocenters. The molecule has 1 aliphatic heterocycles. The lowest BCUT2D eigenvalue weighted by Gasteiger charge is -2.33. The molecule has 0 radical (unpaired) electrons. The van der Waals surface area contributed by atoms with Crippen molar-refractivity contribution in [3.05, 3.63) is 29.3 Å². The molecule has 0 spiro atoms. The first kappa shape index (κ1) is 16.9. The Labute approximate surface area is 137 Å². The molecule has 4 nitrogen and oxygen atoms in total. The van der Waals surface area contributed by atoms with Crippen LogP contribution in [0.4, 0.5) is 4.79 Å². The molecule has 22 heavy (non-hydrogen) atoms. The molecule has 0 N–H and O–H groups in total. The van der Waals surface area contributed by atoms with Gasteiger partial charge in [-0.3, -0.25) is 0 Å². The van der Waals surface area contributed by atoms with Crippen molar-refractivity contribution < 1.29 is 14.3 Å². The van der Waals surface area contributed by atoms with Crippen molar-refractivity contribution in [1.82, 2.24) is 4.90 Å². The lowest BCUT2D eigenvalue weighted by atomic mass is 9.98. The Bertz CT molecular complexity index is 505. The number of piperidine rings is 1. The van der Waals surface area contributed by atoms with Crippen molar-refractivity contribution in [1.29, 1.82) is 0 Å². The fraction of sp³-hybridized carbons (Fsp3) is 0.588. The Balaban J connectivity index is 1.76. The van der Waals surface area contributed by atoms with Crippen LogP contribution in [0.5, 0.6) is 5.75 Å². The first-order chi connectivity index (χ1) is 10.3. The standard InChI is InChI=1S/C17H24ClNO3/c1-17(2,3)22-16(20)19-10-8-13(9-11-19)12-21-15-7-5-4-6-14(15)18/h4-7,13H,8-12H2,1-3H3. The number of para-hydroxylation sites is 1. The summed E-state index contributed by atoms with van der Waals surface area (Å²) in [7, 11) is 0. The van der Waals surface area contributed by atoms with Gasteiger partial charge in [0.1, 0.15) is 11.4 Å².